The van der Waals surface area contributed by atoms with E-state index in [1.165, 1.54) is 12.3 Å². The van der Waals surface area contributed by atoms with E-state index in [1.54, 1.807) is 0 Å². The lowest BCUT2D eigenvalue weighted by molar-refractivity contribution is -0.556. The van der Waals surface area contributed by atoms with Gasteiger partial charge in [-0.3, -0.25) is 4.79 Å². The van der Waals surface area contributed by atoms with E-state index in [0.717, 1.165) is 6.07 Å². The summed E-state index contributed by atoms with van der Waals surface area (Å²) < 4.78 is 0. The van der Waals surface area contributed by atoms with Crippen molar-refractivity contribution in [1.82, 2.24) is 9.89 Å². The second-order valence-corrected chi connectivity index (χ2v) is 1.49. The first-order chi connectivity index (χ1) is 4.72. The van der Waals surface area contributed by atoms with Crippen LogP contribution in [-0.2, 0) is 0 Å². The largest absolute Gasteiger partial charge is 0.339 e. The van der Waals surface area contributed by atoms with Crippen LogP contribution < -0.4 is 5.56 Å². The highest BCUT2D eigenvalue weighted by atomic mass is 16.7. The Morgan fingerprint density at radius 1 is 1.70 bits per heavy atom. The molecule has 0 spiro atoms. The molecule has 0 bridgehead atoms. The van der Waals surface area contributed by atoms with E-state index >= 15 is 0 Å². The van der Waals surface area contributed by atoms with Crippen molar-refractivity contribution in [2.75, 3.05) is 0 Å². The summed E-state index contributed by atoms with van der Waals surface area (Å²) in [6, 6.07) is 2.40. The summed E-state index contributed by atoms with van der Waals surface area (Å²) in [6.07, 6.45) is 1.17. The normalized spacial score (nSPS) is 9.20. The van der Waals surface area contributed by atoms with Gasteiger partial charge in [-0.1, -0.05) is 0 Å². The number of hydrogen-bond acceptors (Lipinski definition) is 4. The Hall–Kier alpha value is -1.72. The summed E-state index contributed by atoms with van der Waals surface area (Å²) in [4.78, 5) is 20.6. The molecule has 0 amide bonds. The van der Waals surface area contributed by atoms with Crippen molar-refractivity contribution in [3.05, 3.63) is 38.8 Å². The zero-order valence-electron chi connectivity index (χ0n) is 4.80. The molecule has 0 radical (unpaired) electrons. The van der Waals surface area contributed by atoms with Crippen LogP contribution in [0.25, 0.3) is 0 Å². The molecule has 0 saturated carbocycles. The molecule has 0 saturated heterocycles. The minimum absolute atomic E-state index is 0.167. The van der Waals surface area contributed by atoms with Gasteiger partial charge in [0.05, 0.1) is 9.82 Å². The number of hydrogen-bond donors (Lipinski definition) is 0. The molecule has 1 aromatic rings. The maximum absolute atomic E-state index is 10.5. The fourth-order valence-electron chi connectivity index (χ4n) is 0.473. The molecule has 6 heteroatoms. The zero-order valence-corrected chi connectivity index (χ0v) is 4.80. The summed E-state index contributed by atoms with van der Waals surface area (Å²) in [5.74, 6) is 0. The smallest absolute Gasteiger partial charge is 0.333 e. The van der Waals surface area contributed by atoms with Gasteiger partial charge in [0.1, 0.15) is 0 Å². The molecular weight excluding hydrogens is 138 g/mol. The molecule has 0 fully saturated rings. The highest BCUT2D eigenvalue weighted by molar-refractivity contribution is 4.82. The highest BCUT2D eigenvalue weighted by Gasteiger charge is 2.01. The minimum Gasteiger partial charge on any atom is -0.339 e. The third-order valence-corrected chi connectivity index (χ3v) is 0.853. The Labute approximate surface area is 54.8 Å². The van der Waals surface area contributed by atoms with Gasteiger partial charge in [-0.15, -0.1) is 0 Å². The zero-order chi connectivity index (χ0) is 7.56. The van der Waals surface area contributed by atoms with Gasteiger partial charge in [0.15, 0.2) is 6.20 Å². The predicted octanol–water partition coefficient (Wildman–Crippen LogP) is -0.717. The van der Waals surface area contributed by atoms with Crippen LogP contribution >= 0.6 is 0 Å². The summed E-state index contributed by atoms with van der Waals surface area (Å²) in [6.45, 7) is 0. The molecule has 0 aliphatic rings. The van der Waals surface area contributed by atoms with Gasteiger partial charge in [0, 0.05) is 11.2 Å². The van der Waals surface area contributed by atoms with E-state index in [4.69, 9.17) is 0 Å². The lowest BCUT2D eigenvalue weighted by atomic mass is 10.6. The fourth-order valence-corrected chi connectivity index (χ4v) is 0.473. The lowest BCUT2D eigenvalue weighted by Crippen LogP contribution is -2.27. The molecule has 0 aromatic carbocycles. The monoisotopic (exact) mass is 141 g/mol. The Balaban J connectivity index is 3.29. The van der Waals surface area contributed by atoms with Crippen molar-refractivity contribution in [2.24, 2.45) is 0 Å². The van der Waals surface area contributed by atoms with E-state index in [-0.39, 0.29) is 4.79 Å². The minimum atomic E-state index is -0.887. The molecule has 6 nitrogen and oxygen atoms in total. The van der Waals surface area contributed by atoms with Crippen LogP contribution in [0.3, 0.4) is 0 Å². The molecule has 1 rings (SSSR count). The third-order valence-electron chi connectivity index (χ3n) is 0.853. The van der Waals surface area contributed by atoms with Crippen LogP contribution in [0.15, 0.2) is 23.1 Å². The van der Waals surface area contributed by atoms with Crippen LogP contribution in [0.2, 0.25) is 0 Å². The van der Waals surface area contributed by atoms with Crippen LogP contribution in [-0.4, -0.2) is 14.9 Å². The van der Waals surface area contributed by atoms with Gasteiger partial charge in [-0.2, -0.15) is 0 Å². The van der Waals surface area contributed by atoms with E-state index in [0.29, 0.717) is 0 Å². The van der Waals surface area contributed by atoms with Gasteiger partial charge < -0.3 is 10.1 Å². The van der Waals surface area contributed by atoms with E-state index in [1.807, 2.05) is 0 Å². The Morgan fingerprint density at radius 3 is 2.80 bits per heavy atom. The number of nitro groups is 1. The standard InChI is InChI=1S/C4H3N3O3/c8-4-2-1-3-5-6(4)7(9)10/h1-3H. The first-order valence-corrected chi connectivity index (χ1v) is 2.41. The molecule has 0 aliphatic carbocycles. The SMILES string of the molecule is O=c1cccnn1[N+](=O)[O-]. The Morgan fingerprint density at radius 2 is 2.40 bits per heavy atom. The van der Waals surface area contributed by atoms with Gasteiger partial charge in [0.2, 0.25) is 0 Å². The van der Waals surface area contributed by atoms with Crippen molar-refractivity contribution in [3.8, 4) is 0 Å². The van der Waals surface area contributed by atoms with Gasteiger partial charge in [-0.25, -0.2) is 0 Å². The summed E-state index contributed by atoms with van der Waals surface area (Å²) in [5, 5.41) is 12.2. The average Bonchev–Trinajstić information content (AvgIpc) is 1.88. The summed E-state index contributed by atoms with van der Waals surface area (Å²) in [7, 11) is 0. The molecule has 1 heterocycles. The van der Waals surface area contributed by atoms with E-state index in [9.17, 15) is 14.9 Å². The van der Waals surface area contributed by atoms with Crippen LogP contribution in [0.5, 0.6) is 0 Å². The Kier molecular flexibility index (Phi) is 1.44. The average molecular weight is 141 g/mol. The molecule has 0 aliphatic heterocycles. The van der Waals surface area contributed by atoms with Crippen molar-refractivity contribution in [3.63, 3.8) is 0 Å². The maximum atomic E-state index is 10.5. The second-order valence-electron chi connectivity index (χ2n) is 1.49. The molecular formula is C4H3N3O3. The summed E-state index contributed by atoms with van der Waals surface area (Å²) >= 11 is 0. The Bertz CT molecular complexity index is 305. The molecule has 0 unspecified atom stereocenters. The van der Waals surface area contributed by atoms with E-state index < -0.39 is 10.6 Å². The predicted molar refractivity (Wildman–Crippen MR) is 30.9 cm³/mol. The van der Waals surface area contributed by atoms with Gasteiger partial charge in [0.25, 0.3) is 0 Å². The van der Waals surface area contributed by atoms with Crippen molar-refractivity contribution < 1.29 is 5.03 Å². The molecule has 0 N–H and O–H groups in total. The number of rotatable bonds is 1. The summed E-state index contributed by atoms with van der Waals surface area (Å²) in [5.41, 5.74) is -0.743. The van der Waals surface area contributed by atoms with Crippen molar-refractivity contribution in [2.45, 2.75) is 0 Å². The molecule has 52 valence electrons. The highest BCUT2D eigenvalue weighted by Crippen LogP contribution is 1.71. The number of nitrogens with zero attached hydrogens (tertiary/aromatic N) is 3. The fraction of sp³-hybridized carbons (Fsp3) is 0. The first-order valence-electron chi connectivity index (χ1n) is 2.41. The van der Waals surface area contributed by atoms with Crippen molar-refractivity contribution >= 4 is 0 Å². The first kappa shape index (κ1) is 6.40. The van der Waals surface area contributed by atoms with Gasteiger partial charge in [-0.05, 0) is 6.07 Å². The van der Waals surface area contributed by atoms with Crippen molar-refractivity contribution in [1.29, 1.82) is 0 Å². The molecule has 0 atom stereocenters. The molecule has 10 heavy (non-hydrogen) atoms. The molecule has 1 aromatic heterocycles. The maximum Gasteiger partial charge on any atom is 0.333 e. The number of aromatic nitrogens is 2. The van der Waals surface area contributed by atoms with Gasteiger partial charge >= 0.3 is 5.56 Å². The quantitative estimate of drug-likeness (QED) is 0.382. The lowest BCUT2D eigenvalue weighted by Gasteiger charge is -1.89. The van der Waals surface area contributed by atoms with Crippen LogP contribution in [0.1, 0.15) is 0 Å². The van der Waals surface area contributed by atoms with Crippen LogP contribution in [0, 0.1) is 10.1 Å². The topological polar surface area (TPSA) is 78.0 Å². The second kappa shape index (κ2) is 2.26. The van der Waals surface area contributed by atoms with E-state index in [2.05, 4.69) is 5.10 Å². The third kappa shape index (κ3) is 0.993. The van der Waals surface area contributed by atoms with Crippen LogP contribution in [0.4, 0.5) is 0 Å².